The van der Waals surface area contributed by atoms with Gasteiger partial charge in [-0.05, 0) is 49.9 Å². The Hall–Kier alpha value is -4.03. The van der Waals surface area contributed by atoms with E-state index in [2.05, 4.69) is 9.94 Å². The lowest BCUT2D eigenvalue weighted by atomic mass is 10.1. The first-order chi connectivity index (χ1) is 17.4. The maximum atomic E-state index is 14.7. The summed E-state index contributed by atoms with van der Waals surface area (Å²) in [4.78, 5) is 23.7. The summed E-state index contributed by atoms with van der Waals surface area (Å²) in [5.41, 5.74) is 9.60. The Morgan fingerprint density at radius 1 is 1.19 bits per heavy atom. The number of benzene rings is 2. The summed E-state index contributed by atoms with van der Waals surface area (Å²) in [6, 6.07) is 10.4. The molecule has 0 radical (unpaired) electrons. The average Bonchev–Trinajstić information content (AvgIpc) is 3.52. The van der Waals surface area contributed by atoms with Crippen LogP contribution in [0.25, 0.3) is 32.8 Å². The molecule has 1 aliphatic heterocycles. The highest BCUT2D eigenvalue weighted by atomic mass is 19.1. The summed E-state index contributed by atoms with van der Waals surface area (Å²) >= 11 is 0. The zero-order valence-electron chi connectivity index (χ0n) is 20.0. The monoisotopic (exact) mass is 483 g/mol. The van der Waals surface area contributed by atoms with Crippen molar-refractivity contribution >= 4 is 22.5 Å². The van der Waals surface area contributed by atoms with Crippen LogP contribution < -0.4 is 5.73 Å². The SMILES string of the molecule is [C-]#[N+]c1ccc(-c2nc(C(=O)N3CCC[C@@H](N)C3)c(C3CC3)n2-c2ccc3nn(C)cc3c2)cc1F. The summed E-state index contributed by atoms with van der Waals surface area (Å²) in [5, 5.41) is 5.43. The topological polar surface area (TPSA) is 86.3 Å². The quantitative estimate of drug-likeness (QED) is 0.431. The highest BCUT2D eigenvalue weighted by Gasteiger charge is 2.37. The normalized spacial score (nSPS) is 17.9. The van der Waals surface area contributed by atoms with Crippen LogP contribution in [0.5, 0.6) is 0 Å². The minimum absolute atomic E-state index is 0.0446. The van der Waals surface area contributed by atoms with Crippen molar-refractivity contribution in [3.8, 4) is 17.1 Å². The first-order valence-electron chi connectivity index (χ1n) is 12.2. The third kappa shape index (κ3) is 3.84. The van der Waals surface area contributed by atoms with Gasteiger partial charge in [-0.1, -0.05) is 12.1 Å². The van der Waals surface area contributed by atoms with Crippen LogP contribution in [0, 0.1) is 12.4 Å². The summed E-state index contributed by atoms with van der Waals surface area (Å²) in [6.07, 6.45) is 5.63. The number of nitrogens with zero attached hydrogens (tertiary/aromatic N) is 6. The lowest BCUT2D eigenvalue weighted by molar-refractivity contribution is 0.0702. The van der Waals surface area contributed by atoms with E-state index in [0.717, 1.165) is 48.0 Å². The third-order valence-electron chi connectivity index (χ3n) is 7.01. The van der Waals surface area contributed by atoms with Gasteiger partial charge in [-0.2, -0.15) is 5.10 Å². The van der Waals surface area contributed by atoms with E-state index in [-0.39, 0.29) is 23.6 Å². The molecular weight excluding hydrogens is 457 g/mol. The van der Waals surface area contributed by atoms with Crippen molar-refractivity contribution in [1.82, 2.24) is 24.2 Å². The van der Waals surface area contributed by atoms with Crippen LogP contribution in [-0.2, 0) is 7.05 Å². The molecule has 1 aliphatic carbocycles. The predicted molar refractivity (Wildman–Crippen MR) is 135 cm³/mol. The zero-order chi connectivity index (χ0) is 25.0. The third-order valence-corrected chi connectivity index (χ3v) is 7.01. The van der Waals surface area contributed by atoms with Gasteiger partial charge in [0.15, 0.2) is 5.69 Å². The number of rotatable bonds is 4. The highest BCUT2D eigenvalue weighted by molar-refractivity contribution is 5.95. The second-order valence-electron chi connectivity index (χ2n) is 9.76. The van der Waals surface area contributed by atoms with Gasteiger partial charge in [0, 0.05) is 54.9 Å². The molecule has 1 saturated carbocycles. The first-order valence-corrected chi connectivity index (χ1v) is 12.2. The van der Waals surface area contributed by atoms with Gasteiger partial charge in [0.2, 0.25) is 5.69 Å². The number of hydrogen-bond donors (Lipinski definition) is 1. The molecule has 0 spiro atoms. The number of carbonyl (C=O) groups is 1. The number of fused-ring (bicyclic) bond motifs is 1. The van der Waals surface area contributed by atoms with Gasteiger partial charge in [0.25, 0.3) is 5.91 Å². The van der Waals surface area contributed by atoms with Crippen molar-refractivity contribution < 1.29 is 9.18 Å². The van der Waals surface area contributed by atoms with Gasteiger partial charge in [-0.15, -0.1) is 0 Å². The molecule has 2 N–H and O–H groups in total. The van der Waals surface area contributed by atoms with Crippen LogP contribution in [0.1, 0.15) is 47.8 Å². The molecular formula is C27H26FN7O. The molecule has 36 heavy (non-hydrogen) atoms. The molecule has 2 fully saturated rings. The molecule has 2 aromatic carbocycles. The first kappa shape index (κ1) is 22.4. The van der Waals surface area contributed by atoms with Gasteiger partial charge in [0.1, 0.15) is 11.6 Å². The second-order valence-corrected chi connectivity index (χ2v) is 9.76. The van der Waals surface area contributed by atoms with Crippen LogP contribution in [-0.4, -0.2) is 49.3 Å². The molecule has 0 bridgehead atoms. The lowest BCUT2D eigenvalue weighted by Crippen LogP contribution is -2.46. The fourth-order valence-electron chi connectivity index (χ4n) is 5.13. The molecule has 1 atom stereocenters. The summed E-state index contributed by atoms with van der Waals surface area (Å²) in [7, 11) is 1.87. The smallest absolute Gasteiger partial charge is 0.274 e. The average molecular weight is 484 g/mol. The van der Waals surface area contributed by atoms with Gasteiger partial charge < -0.3 is 10.6 Å². The zero-order valence-corrected chi connectivity index (χ0v) is 20.0. The van der Waals surface area contributed by atoms with E-state index in [9.17, 15) is 9.18 Å². The number of aromatic nitrogens is 4. The number of aryl methyl sites for hydroxylation is 1. The molecule has 2 aliphatic rings. The fraction of sp³-hybridized carbons (Fsp3) is 0.333. The number of imidazole rings is 1. The summed E-state index contributed by atoms with van der Waals surface area (Å²) in [5.74, 6) is -0.0591. The number of nitrogens with two attached hydrogens (primary N) is 1. The standard InChI is InChI=1S/C27H26FN7O/c1-30-23-9-7-17(13-21(23)28)26-31-24(27(36)34-11-3-4-19(29)15-34)25(16-5-6-16)35(26)20-8-10-22-18(12-20)14-33(2)32-22/h7-10,12-14,16,19H,3-6,11,15,29H2,2H3/t19-/m1/s1. The van der Waals surface area contributed by atoms with Crippen LogP contribution in [0.3, 0.4) is 0 Å². The lowest BCUT2D eigenvalue weighted by Gasteiger charge is -2.30. The van der Waals surface area contributed by atoms with E-state index in [0.29, 0.717) is 30.2 Å². The van der Waals surface area contributed by atoms with Crippen molar-refractivity contribution in [2.45, 2.75) is 37.6 Å². The molecule has 0 unspecified atom stereocenters. The van der Waals surface area contributed by atoms with Crippen LogP contribution in [0.4, 0.5) is 10.1 Å². The van der Waals surface area contributed by atoms with Crippen LogP contribution >= 0.6 is 0 Å². The van der Waals surface area contributed by atoms with Crippen LogP contribution in [0.2, 0.25) is 0 Å². The van der Waals surface area contributed by atoms with Crippen molar-refractivity contribution in [2.24, 2.45) is 12.8 Å². The van der Waals surface area contributed by atoms with Gasteiger partial charge in [0.05, 0.1) is 17.8 Å². The Labute approximate surface area is 208 Å². The molecule has 3 heterocycles. The van der Waals surface area contributed by atoms with E-state index in [1.54, 1.807) is 15.6 Å². The van der Waals surface area contributed by atoms with E-state index >= 15 is 0 Å². The molecule has 2 aromatic heterocycles. The van der Waals surface area contributed by atoms with Gasteiger partial charge in [-0.3, -0.25) is 14.0 Å². The number of likely N-dealkylation sites (tertiary alicyclic amines) is 1. The molecule has 1 saturated heterocycles. The minimum Gasteiger partial charge on any atom is -0.336 e. The second kappa shape index (κ2) is 8.57. The number of amides is 1. The molecule has 4 aromatic rings. The molecule has 9 heteroatoms. The van der Waals surface area contributed by atoms with Gasteiger partial charge in [-0.25, -0.2) is 14.2 Å². The van der Waals surface area contributed by atoms with Crippen molar-refractivity contribution in [3.05, 3.63) is 71.2 Å². The Balaban J connectivity index is 1.57. The maximum absolute atomic E-state index is 14.7. The molecule has 1 amide bonds. The molecule has 182 valence electrons. The van der Waals surface area contributed by atoms with Crippen molar-refractivity contribution in [2.75, 3.05) is 13.1 Å². The summed E-state index contributed by atoms with van der Waals surface area (Å²) in [6.45, 7) is 8.35. The van der Waals surface area contributed by atoms with Crippen molar-refractivity contribution in [1.29, 1.82) is 0 Å². The summed E-state index contributed by atoms with van der Waals surface area (Å²) < 4.78 is 18.5. The van der Waals surface area contributed by atoms with Gasteiger partial charge >= 0.3 is 0 Å². The van der Waals surface area contributed by atoms with E-state index in [1.807, 2.05) is 36.0 Å². The van der Waals surface area contributed by atoms with E-state index in [1.165, 1.54) is 12.1 Å². The minimum atomic E-state index is -0.609. The Morgan fingerprint density at radius 3 is 2.75 bits per heavy atom. The fourth-order valence-corrected chi connectivity index (χ4v) is 5.13. The van der Waals surface area contributed by atoms with Crippen molar-refractivity contribution in [3.63, 3.8) is 0 Å². The number of hydrogen-bond acceptors (Lipinski definition) is 4. The van der Waals surface area contributed by atoms with E-state index in [4.69, 9.17) is 17.3 Å². The van der Waals surface area contributed by atoms with E-state index < -0.39 is 5.82 Å². The molecule has 8 nitrogen and oxygen atoms in total. The predicted octanol–water partition coefficient (Wildman–Crippen LogP) is 4.56. The number of carbonyl (C=O) groups excluding carboxylic acids is 1. The Kier molecular flexibility index (Phi) is 5.34. The number of piperidine rings is 1. The number of halogens is 1. The Morgan fingerprint density at radius 2 is 2.03 bits per heavy atom. The largest absolute Gasteiger partial charge is 0.336 e. The van der Waals surface area contributed by atoms with Crippen LogP contribution in [0.15, 0.2) is 42.6 Å². The highest BCUT2D eigenvalue weighted by Crippen LogP contribution is 2.45. The molecule has 6 rings (SSSR count). The maximum Gasteiger partial charge on any atom is 0.274 e. The Bertz CT molecular complexity index is 1540.